The number of benzene rings is 2. The number of fused-ring (bicyclic) bond motifs is 1. The van der Waals surface area contributed by atoms with E-state index >= 15 is 0 Å². The summed E-state index contributed by atoms with van der Waals surface area (Å²) < 4.78 is 13.1. The number of ether oxygens (including phenoxy) is 2. The van der Waals surface area contributed by atoms with E-state index < -0.39 is 12.0 Å². The van der Waals surface area contributed by atoms with Crippen molar-refractivity contribution in [1.29, 1.82) is 0 Å². The fourth-order valence-corrected chi connectivity index (χ4v) is 5.75. The summed E-state index contributed by atoms with van der Waals surface area (Å²) >= 11 is 1.32. The Labute approximate surface area is 228 Å². The molecule has 0 spiro atoms. The average Bonchev–Trinajstić information content (AvgIpc) is 3.24. The zero-order valence-corrected chi connectivity index (χ0v) is 23.3. The normalized spacial score (nSPS) is 15.2. The van der Waals surface area contributed by atoms with Crippen molar-refractivity contribution in [3.05, 3.63) is 96.7 Å². The number of thiazole rings is 1. The highest BCUT2D eigenvalue weighted by Crippen LogP contribution is 2.30. The molecule has 38 heavy (non-hydrogen) atoms. The summed E-state index contributed by atoms with van der Waals surface area (Å²) in [7, 11) is 1.35. The number of nitrogens with zero attached hydrogens (tertiary/aromatic N) is 2. The van der Waals surface area contributed by atoms with Gasteiger partial charge in [-0.2, -0.15) is 0 Å². The lowest BCUT2D eigenvalue weighted by molar-refractivity contribution is -0.136. The number of hydrogen-bond donors (Lipinski definition) is 0. The predicted molar refractivity (Wildman–Crippen MR) is 152 cm³/mol. The van der Waals surface area contributed by atoms with Crippen LogP contribution in [0.4, 0.5) is 0 Å². The molecule has 4 rings (SSSR count). The standard InChI is InChI=1S/C31H36N2O4S/c1-4-5-6-7-8-9-13-20-37-25-18-16-23(17-19-25)21-26-29(34)33-28(24-14-11-10-12-15-24)27(30(35)36-3)22(2)32-31(33)38-26/h10-12,14-19,21,28H,4-9,13,20H2,1-3H3/b26-21+/t28-/m1/s1. The Morgan fingerprint density at radius 2 is 1.68 bits per heavy atom. The Bertz CT molecular complexity index is 1440. The maximum absolute atomic E-state index is 13.6. The van der Waals surface area contributed by atoms with Crippen LogP contribution in [0.15, 0.2) is 75.7 Å². The number of unbranched alkanes of at least 4 members (excludes halogenated alkanes) is 6. The van der Waals surface area contributed by atoms with Crippen molar-refractivity contribution >= 4 is 23.4 Å². The van der Waals surface area contributed by atoms with Crippen LogP contribution in [0.25, 0.3) is 6.08 Å². The van der Waals surface area contributed by atoms with E-state index in [2.05, 4.69) is 11.9 Å². The first kappa shape index (κ1) is 27.6. The lowest BCUT2D eigenvalue weighted by atomic mass is 9.96. The second-order valence-electron chi connectivity index (χ2n) is 9.52. The molecule has 0 fully saturated rings. The van der Waals surface area contributed by atoms with E-state index in [1.165, 1.54) is 57.0 Å². The van der Waals surface area contributed by atoms with E-state index in [0.717, 1.165) is 23.3 Å². The van der Waals surface area contributed by atoms with Crippen LogP contribution in [0.1, 0.15) is 76.0 Å². The van der Waals surface area contributed by atoms with Crippen LogP contribution in [0.3, 0.4) is 0 Å². The van der Waals surface area contributed by atoms with E-state index in [9.17, 15) is 9.59 Å². The molecule has 2 aromatic carbocycles. The van der Waals surface area contributed by atoms with E-state index in [4.69, 9.17) is 9.47 Å². The third-order valence-corrected chi connectivity index (χ3v) is 7.72. The van der Waals surface area contributed by atoms with Gasteiger partial charge in [0.2, 0.25) is 0 Å². The maximum Gasteiger partial charge on any atom is 0.338 e. The lowest BCUT2D eigenvalue weighted by Gasteiger charge is -2.24. The van der Waals surface area contributed by atoms with Gasteiger partial charge < -0.3 is 9.47 Å². The van der Waals surface area contributed by atoms with Crippen molar-refractivity contribution in [2.24, 2.45) is 4.99 Å². The number of carbonyl (C=O) groups is 1. The average molecular weight is 533 g/mol. The van der Waals surface area contributed by atoms with Gasteiger partial charge in [0.05, 0.1) is 35.6 Å². The summed E-state index contributed by atoms with van der Waals surface area (Å²) in [4.78, 5) is 31.5. The van der Waals surface area contributed by atoms with Gasteiger partial charge in [-0.15, -0.1) is 0 Å². The van der Waals surface area contributed by atoms with Crippen LogP contribution >= 0.6 is 11.3 Å². The summed E-state index contributed by atoms with van der Waals surface area (Å²) in [6.45, 7) is 4.73. The lowest BCUT2D eigenvalue weighted by Crippen LogP contribution is -2.39. The Hall–Kier alpha value is -3.45. The number of esters is 1. The largest absolute Gasteiger partial charge is 0.494 e. The maximum atomic E-state index is 13.6. The fourth-order valence-electron chi connectivity index (χ4n) is 4.70. The molecule has 200 valence electrons. The number of methoxy groups -OCH3 is 1. The Kier molecular flexibility index (Phi) is 9.71. The minimum atomic E-state index is -0.593. The molecule has 0 saturated carbocycles. The quantitative estimate of drug-likeness (QED) is 0.227. The Morgan fingerprint density at radius 1 is 1.00 bits per heavy atom. The van der Waals surface area contributed by atoms with E-state index in [1.54, 1.807) is 11.5 Å². The Morgan fingerprint density at radius 3 is 2.37 bits per heavy atom. The van der Waals surface area contributed by atoms with Crippen LogP contribution in [0, 0.1) is 0 Å². The Balaban J connectivity index is 1.52. The van der Waals surface area contributed by atoms with Crippen molar-refractivity contribution in [2.75, 3.05) is 13.7 Å². The van der Waals surface area contributed by atoms with Crippen LogP contribution in [0.2, 0.25) is 0 Å². The molecular formula is C31H36N2O4S. The molecule has 0 radical (unpaired) electrons. The van der Waals surface area contributed by atoms with Crippen molar-refractivity contribution in [3.63, 3.8) is 0 Å². The van der Waals surface area contributed by atoms with Crippen molar-refractivity contribution < 1.29 is 14.3 Å². The van der Waals surface area contributed by atoms with Crippen molar-refractivity contribution in [3.8, 4) is 5.75 Å². The smallest absolute Gasteiger partial charge is 0.338 e. The third kappa shape index (κ3) is 6.51. The van der Waals surface area contributed by atoms with E-state index in [-0.39, 0.29) is 5.56 Å². The summed E-state index contributed by atoms with van der Waals surface area (Å²) in [5, 5.41) is 0. The monoisotopic (exact) mass is 532 g/mol. The first-order chi connectivity index (χ1) is 18.5. The minimum absolute atomic E-state index is 0.184. The highest BCUT2D eigenvalue weighted by molar-refractivity contribution is 7.07. The molecule has 0 saturated heterocycles. The number of rotatable bonds is 12. The molecule has 7 heteroatoms. The number of hydrogen-bond acceptors (Lipinski definition) is 6. The zero-order valence-electron chi connectivity index (χ0n) is 22.4. The molecule has 0 bridgehead atoms. The van der Waals surface area contributed by atoms with Gasteiger partial charge in [0, 0.05) is 0 Å². The SMILES string of the molecule is CCCCCCCCCOc1ccc(/C=c2/sc3n(c2=O)[C@H](c2ccccc2)C(C(=O)OC)=C(C)N=3)cc1. The highest BCUT2D eigenvalue weighted by Gasteiger charge is 2.32. The second-order valence-corrected chi connectivity index (χ2v) is 10.5. The minimum Gasteiger partial charge on any atom is -0.494 e. The van der Waals surface area contributed by atoms with Gasteiger partial charge in [-0.25, -0.2) is 9.79 Å². The molecule has 1 aliphatic heterocycles. The topological polar surface area (TPSA) is 69.9 Å². The summed E-state index contributed by atoms with van der Waals surface area (Å²) in [6, 6.07) is 16.7. The second kappa shape index (κ2) is 13.4. The summed E-state index contributed by atoms with van der Waals surface area (Å²) in [5.41, 5.74) is 2.48. The van der Waals surface area contributed by atoms with Gasteiger partial charge in [0.1, 0.15) is 5.75 Å². The molecule has 1 aromatic heterocycles. The fraction of sp³-hybridized carbons (Fsp3) is 0.387. The first-order valence-electron chi connectivity index (χ1n) is 13.4. The molecule has 0 unspecified atom stereocenters. The summed E-state index contributed by atoms with van der Waals surface area (Å²) in [6.07, 6.45) is 10.6. The molecule has 2 heterocycles. The van der Waals surface area contributed by atoms with Gasteiger partial charge in [-0.05, 0) is 42.7 Å². The van der Waals surface area contributed by atoms with Crippen LogP contribution < -0.4 is 19.6 Å². The highest BCUT2D eigenvalue weighted by atomic mass is 32.1. The van der Waals surface area contributed by atoms with Gasteiger partial charge in [0.25, 0.3) is 5.56 Å². The van der Waals surface area contributed by atoms with Gasteiger partial charge in [-0.1, -0.05) is 99.3 Å². The molecular weight excluding hydrogens is 496 g/mol. The van der Waals surface area contributed by atoms with Gasteiger partial charge in [0.15, 0.2) is 4.80 Å². The molecule has 0 N–H and O–H groups in total. The van der Waals surface area contributed by atoms with Crippen LogP contribution in [-0.2, 0) is 9.53 Å². The van der Waals surface area contributed by atoms with Crippen molar-refractivity contribution in [2.45, 2.75) is 64.8 Å². The molecule has 1 atom stereocenters. The molecule has 0 aliphatic carbocycles. The van der Waals surface area contributed by atoms with Crippen molar-refractivity contribution in [1.82, 2.24) is 4.57 Å². The molecule has 1 aliphatic rings. The molecule has 3 aromatic rings. The molecule has 6 nitrogen and oxygen atoms in total. The predicted octanol–water partition coefficient (Wildman–Crippen LogP) is 5.54. The van der Waals surface area contributed by atoms with Crippen LogP contribution in [0.5, 0.6) is 5.75 Å². The first-order valence-corrected chi connectivity index (χ1v) is 14.2. The third-order valence-electron chi connectivity index (χ3n) is 6.74. The van der Waals surface area contributed by atoms with E-state index in [0.29, 0.717) is 27.2 Å². The molecule has 0 amide bonds. The van der Waals surface area contributed by atoms with Gasteiger partial charge >= 0.3 is 5.97 Å². The summed E-state index contributed by atoms with van der Waals surface area (Å²) in [5.74, 6) is 0.346. The number of allylic oxidation sites excluding steroid dienone is 1. The van der Waals surface area contributed by atoms with Crippen LogP contribution in [-0.4, -0.2) is 24.3 Å². The van der Waals surface area contributed by atoms with Gasteiger partial charge in [-0.3, -0.25) is 9.36 Å². The zero-order chi connectivity index (χ0) is 26.9. The number of aromatic nitrogens is 1. The van der Waals surface area contributed by atoms with E-state index in [1.807, 2.05) is 60.7 Å². The number of carbonyl (C=O) groups excluding carboxylic acids is 1.